The van der Waals surface area contributed by atoms with Gasteiger partial charge in [0.25, 0.3) is 0 Å². The summed E-state index contributed by atoms with van der Waals surface area (Å²) >= 11 is 6.13. The summed E-state index contributed by atoms with van der Waals surface area (Å²) < 4.78 is 2.12. The van der Waals surface area contributed by atoms with Gasteiger partial charge in [0.1, 0.15) is 0 Å². The van der Waals surface area contributed by atoms with Gasteiger partial charge < -0.3 is 4.90 Å². The van der Waals surface area contributed by atoms with Crippen LogP contribution < -0.4 is 4.90 Å². The highest BCUT2D eigenvalue weighted by molar-refractivity contribution is 6.30. The van der Waals surface area contributed by atoms with Gasteiger partial charge in [-0.15, -0.1) is 5.10 Å². The molecule has 0 amide bonds. The van der Waals surface area contributed by atoms with Crippen LogP contribution in [-0.2, 0) is 0 Å². The van der Waals surface area contributed by atoms with E-state index in [2.05, 4.69) is 39.3 Å². The molecule has 1 aromatic carbocycles. The van der Waals surface area contributed by atoms with E-state index in [9.17, 15) is 0 Å². The lowest BCUT2D eigenvalue weighted by Crippen LogP contribution is -3.13. The van der Waals surface area contributed by atoms with Crippen LogP contribution in [0.5, 0.6) is 0 Å². The summed E-state index contributed by atoms with van der Waals surface area (Å²) in [6.45, 7) is 4.70. The molecule has 0 radical (unpaired) electrons. The Kier molecular flexibility index (Phi) is 5.04. The van der Waals surface area contributed by atoms with E-state index >= 15 is 0 Å². The van der Waals surface area contributed by atoms with Crippen LogP contribution in [0.15, 0.2) is 24.3 Å². The number of hydrogen-bond donors (Lipinski definition) is 1. The Morgan fingerprint density at radius 2 is 1.76 bits per heavy atom. The van der Waals surface area contributed by atoms with Crippen molar-refractivity contribution in [2.24, 2.45) is 5.92 Å². The van der Waals surface area contributed by atoms with E-state index in [1.165, 1.54) is 57.2 Å². The Morgan fingerprint density at radius 3 is 2.44 bits per heavy atom. The van der Waals surface area contributed by atoms with Crippen molar-refractivity contribution in [3.05, 3.63) is 40.7 Å². The van der Waals surface area contributed by atoms with Crippen LogP contribution >= 0.6 is 11.6 Å². The van der Waals surface area contributed by atoms with Crippen molar-refractivity contribution >= 4 is 11.6 Å². The number of hydrogen-bond acceptors (Lipinski definition) is 3. The maximum absolute atomic E-state index is 6.13. The molecule has 1 aliphatic carbocycles. The van der Waals surface area contributed by atoms with Gasteiger partial charge in [-0.25, -0.2) is 4.68 Å². The third kappa shape index (κ3) is 3.58. The van der Waals surface area contributed by atoms with Crippen LogP contribution in [0.4, 0.5) is 0 Å². The van der Waals surface area contributed by atoms with Crippen LogP contribution in [0.1, 0.15) is 68.9 Å². The highest BCUT2D eigenvalue weighted by Gasteiger charge is 2.35. The van der Waals surface area contributed by atoms with Gasteiger partial charge in [0.05, 0.1) is 19.1 Å². The van der Waals surface area contributed by atoms with Gasteiger partial charge >= 0.3 is 0 Å². The lowest BCUT2D eigenvalue weighted by atomic mass is 9.95. The number of aromatic nitrogens is 4. The van der Waals surface area contributed by atoms with Crippen molar-refractivity contribution in [2.75, 3.05) is 13.1 Å². The van der Waals surface area contributed by atoms with E-state index < -0.39 is 0 Å². The van der Waals surface area contributed by atoms with Crippen molar-refractivity contribution in [1.29, 1.82) is 0 Å². The number of piperidine rings is 1. The topological polar surface area (TPSA) is 48.0 Å². The average Bonchev–Trinajstić information content (AvgIpc) is 3.30. The van der Waals surface area contributed by atoms with E-state index in [4.69, 9.17) is 11.6 Å². The molecule has 6 heteroatoms. The Morgan fingerprint density at radius 1 is 1.08 bits per heavy atom. The summed E-state index contributed by atoms with van der Waals surface area (Å²) in [5.41, 5.74) is 1.27. The number of likely N-dealkylation sites (tertiary alicyclic amines) is 1. The predicted octanol–water partition coefficient (Wildman–Crippen LogP) is 2.85. The normalized spacial score (nSPS) is 26.0. The number of nitrogens with zero attached hydrogens (tertiary/aromatic N) is 4. The molecule has 1 N–H and O–H groups in total. The number of quaternary nitrogens is 1. The number of benzene rings is 1. The summed E-state index contributed by atoms with van der Waals surface area (Å²) in [5, 5.41) is 13.7. The summed E-state index contributed by atoms with van der Waals surface area (Å²) in [4.78, 5) is 1.58. The Bertz CT molecular complexity index is 684. The van der Waals surface area contributed by atoms with E-state index in [1.807, 2.05) is 12.1 Å². The van der Waals surface area contributed by atoms with Crippen molar-refractivity contribution in [2.45, 2.75) is 57.5 Å². The quantitative estimate of drug-likeness (QED) is 0.912. The lowest BCUT2D eigenvalue weighted by molar-refractivity contribution is -0.932. The smallest absolute Gasteiger partial charge is 0.214 e. The minimum atomic E-state index is 0.195. The maximum atomic E-state index is 6.13. The SMILES string of the molecule is CC1CC[NH+]([C@H](c2ccc(Cl)cc2)c2nnnn2C2CCCC2)CC1. The fraction of sp³-hybridized carbons (Fsp3) is 0.632. The second-order valence-corrected chi connectivity index (χ2v) is 8.18. The third-order valence-corrected chi connectivity index (χ3v) is 6.23. The van der Waals surface area contributed by atoms with E-state index in [1.54, 1.807) is 4.90 Å². The molecule has 2 fully saturated rings. The number of nitrogens with one attached hydrogen (secondary N) is 1. The van der Waals surface area contributed by atoms with Gasteiger partial charge in [0, 0.05) is 10.6 Å². The first-order chi connectivity index (χ1) is 12.2. The van der Waals surface area contributed by atoms with Crippen LogP contribution in [0.2, 0.25) is 5.02 Å². The molecule has 1 saturated carbocycles. The average molecular weight is 361 g/mol. The summed E-state index contributed by atoms with van der Waals surface area (Å²) in [6, 6.07) is 8.92. The van der Waals surface area contributed by atoms with Gasteiger partial charge in [0.15, 0.2) is 6.04 Å². The summed E-state index contributed by atoms with van der Waals surface area (Å²) in [6.07, 6.45) is 7.48. The number of rotatable bonds is 4. The first-order valence-corrected chi connectivity index (χ1v) is 9.98. The molecule has 2 aliphatic rings. The zero-order valence-electron chi connectivity index (χ0n) is 14.9. The first-order valence-electron chi connectivity index (χ1n) is 9.60. The summed E-state index contributed by atoms with van der Waals surface area (Å²) in [5.74, 6) is 1.85. The van der Waals surface area contributed by atoms with Crippen LogP contribution in [0, 0.1) is 5.92 Å². The monoisotopic (exact) mass is 360 g/mol. The highest BCUT2D eigenvalue weighted by Crippen LogP contribution is 2.31. The van der Waals surface area contributed by atoms with Gasteiger partial charge in [0.2, 0.25) is 5.82 Å². The maximum Gasteiger partial charge on any atom is 0.214 e. The molecule has 1 saturated heterocycles. The second kappa shape index (κ2) is 7.42. The fourth-order valence-electron chi connectivity index (χ4n) is 4.44. The molecule has 25 heavy (non-hydrogen) atoms. The van der Waals surface area contributed by atoms with E-state index in [0.717, 1.165) is 16.8 Å². The molecular weight excluding hydrogens is 334 g/mol. The lowest BCUT2D eigenvalue weighted by Gasteiger charge is -2.33. The molecule has 2 heterocycles. The molecular formula is C19H27ClN5+. The molecule has 1 aliphatic heterocycles. The zero-order valence-corrected chi connectivity index (χ0v) is 15.6. The van der Waals surface area contributed by atoms with Gasteiger partial charge in [-0.3, -0.25) is 0 Å². The highest BCUT2D eigenvalue weighted by atomic mass is 35.5. The second-order valence-electron chi connectivity index (χ2n) is 7.75. The van der Waals surface area contributed by atoms with Crippen LogP contribution in [-0.4, -0.2) is 33.3 Å². The molecule has 0 bridgehead atoms. The molecule has 1 atom stereocenters. The van der Waals surface area contributed by atoms with Gasteiger partial charge in [-0.1, -0.05) is 43.5 Å². The van der Waals surface area contributed by atoms with Crippen LogP contribution in [0.3, 0.4) is 0 Å². The van der Waals surface area contributed by atoms with E-state index in [-0.39, 0.29) is 6.04 Å². The predicted molar refractivity (Wildman–Crippen MR) is 97.7 cm³/mol. The largest absolute Gasteiger partial charge is 0.322 e. The van der Waals surface area contributed by atoms with Crippen molar-refractivity contribution in [1.82, 2.24) is 20.2 Å². The third-order valence-electron chi connectivity index (χ3n) is 5.98. The minimum absolute atomic E-state index is 0.195. The molecule has 0 unspecified atom stereocenters. The molecule has 4 rings (SSSR count). The van der Waals surface area contributed by atoms with Crippen molar-refractivity contribution < 1.29 is 4.90 Å². The van der Waals surface area contributed by atoms with E-state index in [0.29, 0.717) is 6.04 Å². The standard InChI is InChI=1S/C19H26ClN5/c1-14-10-12-24(13-11-14)18(15-6-8-16(20)9-7-15)19-21-22-23-25(19)17-4-2-3-5-17/h6-9,14,17-18H,2-5,10-13H2,1H3/p+1/t18-/m1/s1. The van der Waals surface area contributed by atoms with Crippen molar-refractivity contribution in [3.63, 3.8) is 0 Å². The zero-order chi connectivity index (χ0) is 17.2. The molecule has 0 spiro atoms. The molecule has 2 aromatic rings. The number of tetrazole rings is 1. The summed E-state index contributed by atoms with van der Waals surface area (Å²) in [7, 11) is 0. The minimum Gasteiger partial charge on any atom is -0.322 e. The van der Waals surface area contributed by atoms with Gasteiger partial charge in [-0.2, -0.15) is 0 Å². The van der Waals surface area contributed by atoms with Gasteiger partial charge in [-0.05, 0) is 54.2 Å². The Hall–Kier alpha value is -1.46. The van der Waals surface area contributed by atoms with Crippen molar-refractivity contribution in [3.8, 4) is 0 Å². The molecule has 134 valence electrons. The van der Waals surface area contributed by atoms with Crippen LogP contribution in [0.25, 0.3) is 0 Å². The fourth-order valence-corrected chi connectivity index (χ4v) is 4.57. The number of halogens is 1. The molecule has 5 nitrogen and oxygen atoms in total. The first kappa shape index (κ1) is 17.0. The Balaban J connectivity index is 1.70. The molecule has 1 aromatic heterocycles. The Labute approximate surface area is 154 Å².